The number of carbonyl (C=O) groups is 3. The number of aliphatic hydroxyl groups excluding tert-OH is 1. The highest BCUT2D eigenvalue weighted by atomic mass is 33.1. The number of carbonyl (C=O) groups excluding carboxylic acids is 2. The average Bonchev–Trinajstić information content (AvgIpc) is 3.35. The number of carboxylic acids is 1. The van der Waals surface area contributed by atoms with Crippen LogP contribution >= 0.6 is 45.1 Å². The molecular formula is C24H33N4O17P3S2. The second kappa shape index (κ2) is 18.3. The first-order valence-electron chi connectivity index (χ1n) is 14.1. The molecule has 3 rings (SSSR count). The molecule has 0 radical (unpaired) electrons. The second-order valence-corrected chi connectivity index (χ2v) is 17.3. The summed E-state index contributed by atoms with van der Waals surface area (Å²) in [6, 6.07) is 7.04. The lowest BCUT2D eigenvalue weighted by Crippen LogP contribution is -2.39. The average molecular weight is 807 g/mol. The summed E-state index contributed by atoms with van der Waals surface area (Å²) in [6.07, 6.45) is -2.17. The Morgan fingerprint density at radius 3 is 2.42 bits per heavy atom. The predicted molar refractivity (Wildman–Crippen MR) is 175 cm³/mol. The van der Waals surface area contributed by atoms with Gasteiger partial charge in [-0.15, -0.1) is 0 Å². The van der Waals surface area contributed by atoms with E-state index in [9.17, 15) is 52.9 Å². The molecule has 0 bridgehead atoms. The zero-order valence-electron chi connectivity index (χ0n) is 25.7. The zero-order chi connectivity index (χ0) is 37.3. The third kappa shape index (κ3) is 13.9. The van der Waals surface area contributed by atoms with E-state index in [1.165, 1.54) is 40.8 Å². The van der Waals surface area contributed by atoms with Crippen LogP contribution in [0.5, 0.6) is 0 Å². The number of phosphoric ester groups is 1. The first kappa shape index (κ1) is 42.0. The molecule has 2 aromatic rings. The van der Waals surface area contributed by atoms with Crippen molar-refractivity contribution in [1.82, 2.24) is 14.9 Å². The van der Waals surface area contributed by atoms with Crippen LogP contribution < -0.4 is 16.3 Å². The normalized spacial score (nSPS) is 20.7. The van der Waals surface area contributed by atoms with Crippen molar-refractivity contribution in [2.45, 2.75) is 56.4 Å². The Morgan fingerprint density at radius 2 is 1.78 bits per heavy atom. The van der Waals surface area contributed by atoms with Gasteiger partial charge in [0.1, 0.15) is 24.2 Å². The molecule has 0 aliphatic carbocycles. The summed E-state index contributed by atoms with van der Waals surface area (Å²) in [4.78, 5) is 88.1. The van der Waals surface area contributed by atoms with Crippen LogP contribution in [-0.2, 0) is 46.9 Å². The van der Waals surface area contributed by atoms with Gasteiger partial charge in [0, 0.05) is 36.6 Å². The number of rotatable bonds is 19. The molecule has 278 valence electrons. The van der Waals surface area contributed by atoms with Crippen molar-refractivity contribution in [3.05, 3.63) is 58.1 Å². The largest absolute Gasteiger partial charge is 0.490 e. The van der Waals surface area contributed by atoms with E-state index in [1.807, 2.05) is 0 Å². The quantitative estimate of drug-likeness (QED) is 0.0569. The maximum Gasteiger partial charge on any atom is 0.490 e. The van der Waals surface area contributed by atoms with Gasteiger partial charge in [-0.1, -0.05) is 39.8 Å². The van der Waals surface area contributed by atoms with Crippen molar-refractivity contribution < 1.29 is 75.7 Å². The molecule has 50 heavy (non-hydrogen) atoms. The summed E-state index contributed by atoms with van der Waals surface area (Å²) in [6.45, 7) is 0.311. The van der Waals surface area contributed by atoms with E-state index in [2.05, 4.69) is 28.8 Å². The molecule has 8 N–H and O–H groups in total. The molecule has 1 aliphatic heterocycles. The Balaban J connectivity index is 1.53. The highest BCUT2D eigenvalue weighted by Crippen LogP contribution is 2.66. The molecule has 26 heteroatoms. The van der Waals surface area contributed by atoms with Gasteiger partial charge in [-0.2, -0.15) is 13.6 Å². The Hall–Kier alpha value is -2.46. The molecule has 0 spiro atoms. The highest BCUT2D eigenvalue weighted by molar-refractivity contribution is 8.76. The van der Waals surface area contributed by atoms with Gasteiger partial charge in [0.15, 0.2) is 0 Å². The second-order valence-electron chi connectivity index (χ2n) is 10.3. The number of hydrogen-bond donors (Lipinski definition) is 8. The maximum atomic E-state index is 13.1. The number of hydrogen-bond acceptors (Lipinski definition) is 15. The Kier molecular flexibility index (Phi) is 15.4. The Bertz CT molecular complexity index is 1740. The van der Waals surface area contributed by atoms with Crippen molar-refractivity contribution in [3.63, 3.8) is 0 Å². The van der Waals surface area contributed by atoms with Gasteiger partial charge in [0.25, 0.3) is 5.91 Å². The molecule has 21 nitrogen and oxygen atoms in total. The Labute approximate surface area is 291 Å². The fraction of sp³-hybridized carbons (Fsp3) is 0.458. The predicted octanol–water partition coefficient (Wildman–Crippen LogP) is 1.74. The minimum Gasteiger partial charge on any atom is -0.480 e. The van der Waals surface area contributed by atoms with Crippen molar-refractivity contribution in [1.29, 1.82) is 0 Å². The number of nitrogens with zero attached hydrogens (tertiary/aromatic N) is 2. The molecule has 1 aromatic heterocycles. The van der Waals surface area contributed by atoms with Gasteiger partial charge in [-0.3, -0.25) is 18.7 Å². The van der Waals surface area contributed by atoms with Crippen LogP contribution in [-0.4, -0.2) is 87.7 Å². The molecule has 1 aromatic carbocycles. The van der Waals surface area contributed by atoms with Crippen LogP contribution in [0.15, 0.2) is 41.3 Å². The van der Waals surface area contributed by atoms with Gasteiger partial charge in [-0.25, -0.2) is 23.3 Å². The van der Waals surface area contributed by atoms with Crippen LogP contribution in [0.2, 0.25) is 0 Å². The van der Waals surface area contributed by atoms with E-state index in [-0.39, 0.29) is 18.7 Å². The summed E-state index contributed by atoms with van der Waals surface area (Å²) < 4.78 is 52.4. The number of nitrogens with one attached hydrogen (secondary N) is 2. The Morgan fingerprint density at radius 1 is 1.08 bits per heavy atom. The number of anilines is 1. The number of phosphoric acid groups is 3. The van der Waals surface area contributed by atoms with Crippen LogP contribution in [0.3, 0.4) is 0 Å². The monoisotopic (exact) mass is 806 g/mol. The van der Waals surface area contributed by atoms with E-state index in [1.54, 1.807) is 24.3 Å². The lowest BCUT2D eigenvalue weighted by atomic mass is 10.1. The molecule has 1 fully saturated rings. The minimum atomic E-state index is -5.75. The molecule has 6 atom stereocenters. The lowest BCUT2D eigenvalue weighted by Gasteiger charge is -2.19. The third-order valence-corrected chi connectivity index (χ3v) is 12.6. The zero-order valence-corrected chi connectivity index (χ0v) is 30.1. The number of aliphatic carboxylic acids is 1. The number of carboxylic acid groups (broad SMARTS) is 1. The van der Waals surface area contributed by atoms with Crippen LogP contribution in [0.4, 0.5) is 5.82 Å². The van der Waals surface area contributed by atoms with Gasteiger partial charge >= 0.3 is 35.1 Å². The van der Waals surface area contributed by atoms with E-state index >= 15 is 0 Å². The number of aromatic nitrogens is 2. The SMILES string of the molecule is CC(=O)NC(CCCSSCc1ccccc1C(=O)Nc1ccn(C2CC(O)C(COP(=O)(O)OP(=O)(O)OP(=O)(O)O)O2)c(=O)n1)C(=O)O. The molecule has 2 heterocycles. The van der Waals surface area contributed by atoms with Gasteiger partial charge in [0.2, 0.25) is 5.91 Å². The first-order valence-corrected chi connectivity index (χ1v) is 21.1. The standard InChI is InChI=1S/C24H33N4O17P3S2/c1-14(29)25-17(23(32)33)7-4-10-49-50-13-15-5-2-3-6-16(15)22(31)26-20-8-9-28(24(34)27-20)21-11-18(30)19(43-21)12-42-47(38,39)45-48(40,41)44-46(35,36)37/h2-3,5-6,8-9,17-19,21,30H,4,7,10-13H2,1H3,(H,25,29)(H,32,33)(H,38,39)(H,40,41)(H2,35,36,37)(H,26,27,31,34). The fourth-order valence-corrected chi connectivity index (χ4v) is 9.51. The van der Waals surface area contributed by atoms with Crippen LogP contribution in [0.1, 0.15) is 48.3 Å². The highest BCUT2D eigenvalue weighted by Gasteiger charge is 2.43. The molecule has 1 saturated heterocycles. The van der Waals surface area contributed by atoms with Gasteiger partial charge in [0.05, 0.1) is 12.7 Å². The topological polar surface area (TPSA) is 320 Å². The maximum absolute atomic E-state index is 13.1. The molecule has 0 saturated carbocycles. The number of benzene rings is 1. The minimum absolute atomic E-state index is 0.108. The van der Waals surface area contributed by atoms with Crippen molar-refractivity contribution in [2.24, 2.45) is 0 Å². The van der Waals surface area contributed by atoms with Crippen molar-refractivity contribution in [2.75, 3.05) is 17.7 Å². The first-order chi connectivity index (χ1) is 23.2. The molecule has 1 aliphatic rings. The number of amides is 2. The smallest absolute Gasteiger partial charge is 0.480 e. The van der Waals surface area contributed by atoms with Gasteiger partial charge < -0.3 is 45.2 Å². The van der Waals surface area contributed by atoms with Crippen molar-refractivity contribution in [3.8, 4) is 0 Å². The molecule has 2 amide bonds. The van der Waals surface area contributed by atoms with Gasteiger partial charge in [-0.05, 0) is 30.5 Å². The summed E-state index contributed by atoms with van der Waals surface area (Å²) >= 11 is 0. The lowest BCUT2D eigenvalue weighted by molar-refractivity contribution is -0.141. The summed E-state index contributed by atoms with van der Waals surface area (Å²) in [7, 11) is -13.9. The summed E-state index contributed by atoms with van der Waals surface area (Å²) in [5.41, 5.74) is 0.0785. The number of aliphatic hydroxyl groups is 1. The van der Waals surface area contributed by atoms with Crippen molar-refractivity contribution >= 4 is 68.7 Å². The van der Waals surface area contributed by atoms with Crippen LogP contribution in [0.25, 0.3) is 0 Å². The summed E-state index contributed by atoms with van der Waals surface area (Å²) in [5.74, 6) is -1.20. The van der Waals surface area contributed by atoms with E-state index in [0.717, 1.165) is 4.57 Å². The van der Waals surface area contributed by atoms with E-state index in [4.69, 9.17) is 14.5 Å². The van der Waals surface area contributed by atoms with E-state index in [0.29, 0.717) is 29.1 Å². The van der Waals surface area contributed by atoms with E-state index < -0.39 is 78.0 Å². The molecule has 6 unspecified atom stereocenters. The third-order valence-electron chi connectivity index (χ3n) is 6.36. The fourth-order valence-electron chi connectivity index (χ4n) is 4.27. The number of ether oxygens (including phenoxy) is 1. The summed E-state index contributed by atoms with van der Waals surface area (Å²) in [5, 5.41) is 24.4. The van der Waals surface area contributed by atoms with Crippen LogP contribution in [0, 0.1) is 0 Å². The molecular weight excluding hydrogens is 773 g/mol.